The van der Waals surface area contributed by atoms with Crippen LogP contribution in [0.4, 0.5) is 4.79 Å². The Hall–Kier alpha value is -1.52. The van der Waals surface area contributed by atoms with Crippen LogP contribution in [-0.4, -0.2) is 26.6 Å². The van der Waals surface area contributed by atoms with Gasteiger partial charge in [0.1, 0.15) is 5.60 Å². The van der Waals surface area contributed by atoms with Gasteiger partial charge in [0.25, 0.3) is 0 Å². The van der Waals surface area contributed by atoms with Crippen molar-refractivity contribution in [3.63, 3.8) is 0 Å². The van der Waals surface area contributed by atoms with Gasteiger partial charge < -0.3 is 9.72 Å². The molecule has 2 rings (SSSR count). The van der Waals surface area contributed by atoms with Crippen LogP contribution in [0, 0.1) is 0 Å². The van der Waals surface area contributed by atoms with Crippen molar-refractivity contribution in [3.05, 3.63) is 17.7 Å². The summed E-state index contributed by atoms with van der Waals surface area (Å²) in [5, 5.41) is 0. The number of fused-ring (bicyclic) bond motifs is 1. The Morgan fingerprint density at radius 1 is 1.53 bits per heavy atom. The molecule has 15 heavy (non-hydrogen) atoms. The van der Waals surface area contributed by atoms with Gasteiger partial charge in [-0.3, -0.25) is 4.90 Å². The van der Waals surface area contributed by atoms with Crippen LogP contribution in [0.15, 0.2) is 6.33 Å². The minimum Gasteiger partial charge on any atom is -0.444 e. The number of hydrogen-bond acceptors (Lipinski definition) is 3. The lowest BCUT2D eigenvalue weighted by molar-refractivity contribution is 0.0239. The number of nitrogens with zero attached hydrogens (tertiary/aromatic N) is 2. The summed E-state index contributed by atoms with van der Waals surface area (Å²) in [5.74, 6) is 0. The van der Waals surface area contributed by atoms with Gasteiger partial charge in [-0.15, -0.1) is 0 Å². The van der Waals surface area contributed by atoms with E-state index in [-0.39, 0.29) is 6.09 Å². The number of H-pyrrole nitrogens is 1. The summed E-state index contributed by atoms with van der Waals surface area (Å²) in [6.45, 7) is 6.67. The van der Waals surface area contributed by atoms with Crippen LogP contribution in [0.25, 0.3) is 0 Å². The Bertz CT molecular complexity index is 358. The standard InChI is InChI=1S/C10H15N3O2/c1-10(2,3)15-9(14)13-4-7-8(5-13)12-6-11-7/h6H,4-5H2,1-3H3,(H,11,12). The first-order chi connectivity index (χ1) is 6.96. The minimum absolute atomic E-state index is 0.283. The van der Waals surface area contributed by atoms with E-state index in [1.165, 1.54) is 0 Å². The minimum atomic E-state index is -0.444. The van der Waals surface area contributed by atoms with Crippen LogP contribution < -0.4 is 0 Å². The molecule has 1 amide bonds. The molecule has 1 aromatic heterocycles. The lowest BCUT2D eigenvalue weighted by Crippen LogP contribution is -2.33. The van der Waals surface area contributed by atoms with E-state index in [2.05, 4.69) is 9.97 Å². The van der Waals surface area contributed by atoms with Crippen molar-refractivity contribution in [2.24, 2.45) is 0 Å². The lowest BCUT2D eigenvalue weighted by atomic mass is 10.2. The van der Waals surface area contributed by atoms with E-state index in [0.29, 0.717) is 13.1 Å². The Morgan fingerprint density at radius 2 is 2.27 bits per heavy atom. The van der Waals surface area contributed by atoms with Gasteiger partial charge in [0, 0.05) is 0 Å². The average Bonchev–Trinajstić information content (AvgIpc) is 2.56. The van der Waals surface area contributed by atoms with E-state index in [0.717, 1.165) is 11.4 Å². The largest absolute Gasteiger partial charge is 0.444 e. The summed E-state index contributed by atoms with van der Waals surface area (Å²) < 4.78 is 5.27. The molecule has 5 heteroatoms. The van der Waals surface area contributed by atoms with Crippen molar-refractivity contribution >= 4 is 6.09 Å². The van der Waals surface area contributed by atoms with Crippen LogP contribution in [0.5, 0.6) is 0 Å². The Balaban J connectivity index is 1.98. The molecule has 0 fully saturated rings. The Morgan fingerprint density at radius 3 is 2.87 bits per heavy atom. The number of amides is 1. The van der Waals surface area contributed by atoms with Crippen LogP contribution in [0.2, 0.25) is 0 Å². The zero-order valence-electron chi connectivity index (χ0n) is 9.20. The first kappa shape index (κ1) is 10.0. The van der Waals surface area contributed by atoms with E-state index in [9.17, 15) is 4.79 Å². The summed E-state index contributed by atoms with van der Waals surface area (Å²) in [6, 6.07) is 0. The van der Waals surface area contributed by atoms with Crippen LogP contribution in [0.1, 0.15) is 32.2 Å². The van der Waals surface area contributed by atoms with E-state index >= 15 is 0 Å². The number of rotatable bonds is 0. The molecule has 1 aromatic rings. The summed E-state index contributed by atoms with van der Waals surface area (Å²) in [4.78, 5) is 20.5. The normalized spacial score (nSPS) is 15.3. The predicted octanol–water partition coefficient (Wildman–Crippen LogP) is 1.66. The first-order valence-corrected chi connectivity index (χ1v) is 4.95. The fourth-order valence-corrected chi connectivity index (χ4v) is 1.51. The second-order valence-corrected chi connectivity index (χ2v) is 4.66. The number of hydrogen-bond donors (Lipinski definition) is 1. The molecule has 1 aliphatic rings. The van der Waals surface area contributed by atoms with Gasteiger partial charge in [-0.25, -0.2) is 9.78 Å². The highest BCUT2D eigenvalue weighted by molar-refractivity contribution is 5.68. The molecule has 0 spiro atoms. The molecule has 0 saturated heterocycles. The fourth-order valence-electron chi connectivity index (χ4n) is 1.51. The topological polar surface area (TPSA) is 58.2 Å². The second kappa shape index (κ2) is 3.25. The molecular weight excluding hydrogens is 194 g/mol. The predicted molar refractivity (Wildman–Crippen MR) is 54.1 cm³/mol. The highest BCUT2D eigenvalue weighted by Crippen LogP contribution is 2.21. The number of ether oxygens (including phenoxy) is 1. The average molecular weight is 209 g/mol. The summed E-state index contributed by atoms with van der Waals surface area (Å²) >= 11 is 0. The van der Waals surface area contributed by atoms with E-state index < -0.39 is 5.60 Å². The van der Waals surface area contributed by atoms with Crippen molar-refractivity contribution < 1.29 is 9.53 Å². The fraction of sp³-hybridized carbons (Fsp3) is 0.600. The number of nitrogens with one attached hydrogen (secondary N) is 1. The van der Waals surface area contributed by atoms with Gasteiger partial charge in [0.15, 0.2) is 0 Å². The molecule has 0 aromatic carbocycles. The van der Waals surface area contributed by atoms with Gasteiger partial charge in [0.05, 0.1) is 30.8 Å². The molecule has 5 nitrogen and oxygen atoms in total. The van der Waals surface area contributed by atoms with E-state index in [1.807, 2.05) is 20.8 Å². The van der Waals surface area contributed by atoms with E-state index in [4.69, 9.17) is 4.74 Å². The number of carbonyl (C=O) groups excluding carboxylic acids is 1. The first-order valence-electron chi connectivity index (χ1n) is 4.95. The van der Waals surface area contributed by atoms with Crippen molar-refractivity contribution in [1.29, 1.82) is 0 Å². The number of carbonyl (C=O) groups is 1. The molecular formula is C10H15N3O2. The summed E-state index contributed by atoms with van der Waals surface area (Å²) in [6.07, 6.45) is 1.37. The summed E-state index contributed by atoms with van der Waals surface area (Å²) in [7, 11) is 0. The SMILES string of the molecule is CC(C)(C)OC(=O)N1Cc2nc[nH]c2C1. The maximum absolute atomic E-state index is 11.7. The Kier molecular flexibility index (Phi) is 2.17. The zero-order chi connectivity index (χ0) is 11.1. The van der Waals surface area contributed by atoms with Gasteiger partial charge in [-0.2, -0.15) is 0 Å². The second-order valence-electron chi connectivity index (χ2n) is 4.66. The smallest absolute Gasteiger partial charge is 0.410 e. The van der Waals surface area contributed by atoms with Crippen molar-refractivity contribution in [1.82, 2.24) is 14.9 Å². The third-order valence-corrected chi connectivity index (χ3v) is 2.15. The Labute approximate surface area is 88.4 Å². The van der Waals surface area contributed by atoms with Gasteiger partial charge >= 0.3 is 6.09 Å². The lowest BCUT2D eigenvalue weighted by Gasteiger charge is -2.23. The van der Waals surface area contributed by atoms with Crippen LogP contribution in [0.3, 0.4) is 0 Å². The van der Waals surface area contributed by atoms with Crippen molar-refractivity contribution in [3.8, 4) is 0 Å². The molecule has 2 heterocycles. The van der Waals surface area contributed by atoms with E-state index in [1.54, 1.807) is 11.2 Å². The van der Waals surface area contributed by atoms with Crippen LogP contribution >= 0.6 is 0 Å². The van der Waals surface area contributed by atoms with Gasteiger partial charge in [-0.1, -0.05) is 0 Å². The molecule has 1 N–H and O–H groups in total. The number of aromatic amines is 1. The summed E-state index contributed by atoms with van der Waals surface area (Å²) in [5.41, 5.74) is 1.49. The molecule has 0 radical (unpaired) electrons. The molecule has 1 aliphatic heterocycles. The monoisotopic (exact) mass is 209 g/mol. The molecule has 0 saturated carbocycles. The molecule has 0 bridgehead atoms. The third-order valence-electron chi connectivity index (χ3n) is 2.15. The quantitative estimate of drug-likeness (QED) is 0.707. The number of imidazole rings is 1. The number of aromatic nitrogens is 2. The van der Waals surface area contributed by atoms with Gasteiger partial charge in [0.2, 0.25) is 0 Å². The molecule has 82 valence electrons. The maximum atomic E-state index is 11.7. The molecule has 0 aliphatic carbocycles. The molecule has 0 atom stereocenters. The molecule has 0 unspecified atom stereocenters. The zero-order valence-corrected chi connectivity index (χ0v) is 9.20. The van der Waals surface area contributed by atoms with Gasteiger partial charge in [-0.05, 0) is 20.8 Å². The van der Waals surface area contributed by atoms with Crippen molar-refractivity contribution in [2.45, 2.75) is 39.5 Å². The highest BCUT2D eigenvalue weighted by atomic mass is 16.6. The van der Waals surface area contributed by atoms with Crippen molar-refractivity contribution in [2.75, 3.05) is 0 Å². The maximum Gasteiger partial charge on any atom is 0.410 e. The highest BCUT2D eigenvalue weighted by Gasteiger charge is 2.28. The van der Waals surface area contributed by atoms with Crippen LogP contribution in [-0.2, 0) is 17.8 Å². The third kappa shape index (κ3) is 2.11.